The summed E-state index contributed by atoms with van der Waals surface area (Å²) in [5.74, 6) is -0.316. The van der Waals surface area contributed by atoms with Gasteiger partial charge in [-0.1, -0.05) is 18.6 Å². The summed E-state index contributed by atoms with van der Waals surface area (Å²) in [7, 11) is 1.33. The Balaban J connectivity index is 1.83. The third-order valence-corrected chi connectivity index (χ3v) is 6.36. The number of esters is 1. The van der Waals surface area contributed by atoms with Gasteiger partial charge in [-0.3, -0.25) is 9.67 Å². The number of pyridine rings is 1. The fraction of sp³-hybridized carbons (Fsp3) is 0.393. The standard InChI is InChI=1S/C28H31N5O4/c1-28(2,3)37-27(35)31-22(19-8-6-9-19)17-33-25(26(34)36-4)23(20-11-13-30-14-12-20)24(32-33)21-10-5-7-18(15-21)16-29/h5,7,10-15,19,22H,6,8-9,17H2,1-4H3,(H,31,35)/t22-/m0/s1. The molecular formula is C28H31N5O4. The summed E-state index contributed by atoms with van der Waals surface area (Å²) in [6.45, 7) is 5.70. The lowest BCUT2D eigenvalue weighted by Gasteiger charge is -2.35. The number of ether oxygens (including phenoxy) is 2. The smallest absolute Gasteiger partial charge is 0.407 e. The van der Waals surface area contributed by atoms with Crippen molar-refractivity contribution < 1.29 is 19.1 Å². The van der Waals surface area contributed by atoms with E-state index in [0.29, 0.717) is 22.4 Å². The molecule has 2 heterocycles. The van der Waals surface area contributed by atoms with Gasteiger partial charge < -0.3 is 14.8 Å². The summed E-state index contributed by atoms with van der Waals surface area (Å²) in [5, 5.41) is 17.3. The number of carbonyl (C=O) groups is 2. The highest BCUT2D eigenvalue weighted by Gasteiger charge is 2.34. The summed E-state index contributed by atoms with van der Waals surface area (Å²) < 4.78 is 12.3. The van der Waals surface area contributed by atoms with Gasteiger partial charge in [0.25, 0.3) is 0 Å². The summed E-state index contributed by atoms with van der Waals surface area (Å²) >= 11 is 0. The summed E-state index contributed by atoms with van der Waals surface area (Å²) in [5.41, 5.74) is 2.65. The van der Waals surface area contributed by atoms with Crippen LogP contribution in [0, 0.1) is 17.2 Å². The number of nitriles is 1. The largest absolute Gasteiger partial charge is 0.464 e. The van der Waals surface area contributed by atoms with E-state index in [-0.39, 0.29) is 24.2 Å². The molecule has 0 saturated heterocycles. The first-order valence-corrected chi connectivity index (χ1v) is 12.3. The number of rotatable bonds is 7. The maximum Gasteiger partial charge on any atom is 0.407 e. The van der Waals surface area contributed by atoms with Crippen molar-refractivity contribution in [3.63, 3.8) is 0 Å². The average Bonchev–Trinajstić information content (AvgIpc) is 3.21. The first kappa shape index (κ1) is 25.9. The van der Waals surface area contributed by atoms with Crippen molar-refractivity contribution in [1.82, 2.24) is 20.1 Å². The van der Waals surface area contributed by atoms with Crippen molar-refractivity contribution in [2.45, 2.75) is 58.2 Å². The Morgan fingerprint density at radius 3 is 2.51 bits per heavy atom. The molecule has 4 rings (SSSR count). The van der Waals surface area contributed by atoms with Crippen LogP contribution < -0.4 is 5.32 Å². The normalized spacial score (nSPS) is 14.2. The van der Waals surface area contributed by atoms with E-state index < -0.39 is 17.7 Å². The number of alkyl carbamates (subject to hydrolysis) is 1. The van der Waals surface area contributed by atoms with E-state index in [4.69, 9.17) is 14.6 Å². The van der Waals surface area contributed by atoms with Crippen LogP contribution in [0.4, 0.5) is 4.79 Å². The van der Waals surface area contributed by atoms with Crippen LogP contribution in [-0.4, -0.2) is 45.6 Å². The van der Waals surface area contributed by atoms with E-state index in [0.717, 1.165) is 24.8 Å². The zero-order valence-electron chi connectivity index (χ0n) is 21.5. The molecule has 1 aliphatic carbocycles. The molecule has 1 atom stereocenters. The fourth-order valence-corrected chi connectivity index (χ4v) is 4.43. The van der Waals surface area contributed by atoms with Crippen LogP contribution in [0.25, 0.3) is 22.4 Å². The van der Waals surface area contributed by atoms with Gasteiger partial charge in [0.15, 0.2) is 5.69 Å². The number of aromatic nitrogens is 3. The molecule has 1 fully saturated rings. The third kappa shape index (κ3) is 5.97. The van der Waals surface area contributed by atoms with E-state index in [9.17, 15) is 14.9 Å². The summed E-state index contributed by atoms with van der Waals surface area (Å²) in [4.78, 5) is 30.0. The van der Waals surface area contributed by atoms with Gasteiger partial charge in [0.1, 0.15) is 11.3 Å². The Morgan fingerprint density at radius 2 is 1.92 bits per heavy atom. The summed E-state index contributed by atoms with van der Waals surface area (Å²) in [6, 6.07) is 12.5. The van der Waals surface area contributed by atoms with Gasteiger partial charge in [-0.25, -0.2) is 9.59 Å². The molecule has 1 amide bonds. The van der Waals surface area contributed by atoms with Crippen molar-refractivity contribution in [2.75, 3.05) is 7.11 Å². The van der Waals surface area contributed by atoms with E-state index in [2.05, 4.69) is 16.4 Å². The van der Waals surface area contributed by atoms with Crippen molar-refractivity contribution in [3.8, 4) is 28.5 Å². The van der Waals surface area contributed by atoms with Crippen LogP contribution in [-0.2, 0) is 16.0 Å². The molecule has 0 unspecified atom stereocenters. The van der Waals surface area contributed by atoms with Crippen LogP contribution >= 0.6 is 0 Å². The highest BCUT2D eigenvalue weighted by molar-refractivity contribution is 6.00. The number of hydrogen-bond acceptors (Lipinski definition) is 7. The molecule has 2 aromatic heterocycles. The minimum atomic E-state index is -0.634. The minimum Gasteiger partial charge on any atom is -0.464 e. The maximum atomic E-state index is 13.2. The zero-order chi connectivity index (χ0) is 26.6. The Hall–Kier alpha value is -4.19. The van der Waals surface area contributed by atoms with Gasteiger partial charge in [0.05, 0.1) is 31.3 Å². The van der Waals surface area contributed by atoms with Gasteiger partial charge in [0.2, 0.25) is 0 Å². The molecule has 0 radical (unpaired) electrons. The van der Waals surface area contributed by atoms with Gasteiger partial charge in [0, 0.05) is 23.5 Å². The van der Waals surface area contributed by atoms with Crippen molar-refractivity contribution in [3.05, 3.63) is 60.0 Å². The lowest BCUT2D eigenvalue weighted by atomic mass is 9.79. The Bertz CT molecular complexity index is 1320. The average molecular weight is 502 g/mol. The molecule has 0 spiro atoms. The molecule has 3 aromatic rings. The number of hydrogen-bond donors (Lipinski definition) is 1. The minimum absolute atomic E-state index is 0.233. The molecular weight excluding hydrogens is 470 g/mol. The monoisotopic (exact) mass is 501 g/mol. The van der Waals surface area contributed by atoms with E-state index in [1.807, 2.05) is 26.8 Å². The highest BCUT2D eigenvalue weighted by Crippen LogP contribution is 2.37. The Kier molecular flexibility index (Phi) is 7.58. The first-order chi connectivity index (χ1) is 17.7. The van der Waals surface area contributed by atoms with Crippen molar-refractivity contribution in [2.24, 2.45) is 5.92 Å². The molecule has 1 N–H and O–H groups in total. The van der Waals surface area contributed by atoms with Crippen LogP contribution in [0.5, 0.6) is 0 Å². The Morgan fingerprint density at radius 1 is 1.19 bits per heavy atom. The summed E-state index contributed by atoms with van der Waals surface area (Å²) in [6.07, 6.45) is 5.78. The molecule has 0 bridgehead atoms. The second-order valence-corrected chi connectivity index (χ2v) is 10.1. The van der Waals surface area contributed by atoms with Gasteiger partial charge in [-0.05, 0) is 69.4 Å². The van der Waals surface area contributed by atoms with Gasteiger partial charge >= 0.3 is 12.1 Å². The third-order valence-electron chi connectivity index (χ3n) is 6.36. The molecule has 1 aromatic carbocycles. The molecule has 1 aliphatic rings. The number of benzene rings is 1. The van der Waals surface area contributed by atoms with E-state index >= 15 is 0 Å². The first-order valence-electron chi connectivity index (χ1n) is 12.3. The highest BCUT2D eigenvalue weighted by atomic mass is 16.6. The molecule has 192 valence electrons. The van der Waals surface area contributed by atoms with Crippen molar-refractivity contribution >= 4 is 12.1 Å². The van der Waals surface area contributed by atoms with E-state index in [1.54, 1.807) is 47.4 Å². The molecule has 37 heavy (non-hydrogen) atoms. The number of methoxy groups -OCH3 is 1. The second kappa shape index (κ2) is 10.8. The number of nitrogens with zero attached hydrogens (tertiary/aromatic N) is 4. The van der Waals surface area contributed by atoms with Crippen LogP contribution in [0.3, 0.4) is 0 Å². The molecule has 9 nitrogen and oxygen atoms in total. The Labute approximate surface area is 216 Å². The quantitative estimate of drug-likeness (QED) is 0.454. The number of nitrogens with one attached hydrogen (secondary N) is 1. The predicted molar refractivity (Wildman–Crippen MR) is 137 cm³/mol. The number of carbonyl (C=O) groups excluding carboxylic acids is 2. The van der Waals surface area contributed by atoms with E-state index in [1.165, 1.54) is 7.11 Å². The van der Waals surface area contributed by atoms with Crippen molar-refractivity contribution in [1.29, 1.82) is 5.26 Å². The zero-order valence-corrected chi connectivity index (χ0v) is 21.5. The predicted octanol–water partition coefficient (Wildman–Crippen LogP) is 4.96. The molecule has 9 heteroatoms. The second-order valence-electron chi connectivity index (χ2n) is 10.1. The molecule has 0 aliphatic heterocycles. The van der Waals surface area contributed by atoms with Gasteiger partial charge in [-0.2, -0.15) is 10.4 Å². The lowest BCUT2D eigenvalue weighted by Crippen LogP contribution is -2.47. The van der Waals surface area contributed by atoms with Crippen LogP contribution in [0.15, 0.2) is 48.8 Å². The fourth-order valence-electron chi connectivity index (χ4n) is 4.43. The maximum absolute atomic E-state index is 13.2. The van der Waals surface area contributed by atoms with Gasteiger partial charge in [-0.15, -0.1) is 0 Å². The lowest BCUT2D eigenvalue weighted by molar-refractivity contribution is 0.0452. The number of amides is 1. The molecule has 1 saturated carbocycles. The topological polar surface area (TPSA) is 119 Å². The SMILES string of the molecule is COC(=O)c1c(-c2ccncc2)c(-c2cccc(C#N)c2)nn1C[C@H](NC(=O)OC(C)(C)C)C1CCC1. The van der Waals surface area contributed by atoms with Crippen LogP contribution in [0.2, 0.25) is 0 Å². The van der Waals surface area contributed by atoms with Crippen LogP contribution in [0.1, 0.15) is 56.1 Å².